The van der Waals surface area contributed by atoms with E-state index in [2.05, 4.69) is 276 Å². The molecule has 516 valence electrons. The molecule has 0 nitrogen and oxygen atoms in total. The van der Waals surface area contributed by atoms with E-state index in [1.165, 1.54) is 85.7 Å². The number of benzene rings is 14. The van der Waals surface area contributed by atoms with Gasteiger partial charge in [-0.15, -0.1) is 0 Å². The molecular formula is C103H104. The standard InChI is InChI=1S/2C20H18.2C19H16.C14H20.C11H16/c1-15-8-6-11-18(14-15)20-13-7-12-19(16(20)2)17-9-4-3-5-10-17;1-15-8-10-18(11-9-15)20-13-16(2)12-19(14-20)17-6-4-3-5-7-17;1-15-18(16-9-4-2-5-10-16)13-8-14-19(15)17-11-6-3-7-12-17;1-15-12-18(16-8-4-2-5-9-16)14-19(13-15)17-10-6-3-7-11-17;1-10-6-7-11-12(8-10)14(4,5)9-13(11,2)3;1-9-7-5-6-8-10(9)11(2,3)4/h2*3-14H,1-2H3;2*2-14H,1H3;6-8H,9H2,1-5H3;5-8H,1-4H3/i3D,4D,5D,6D,8D,9D,10D,11D,14D;3D,4D,5D,6D,7D,8D,9D,10D,11D;;;;. The number of hydrogen-bond donors (Lipinski definition) is 0. The summed E-state index contributed by atoms with van der Waals surface area (Å²) >= 11 is 0. The normalized spacial score (nSPS) is 14.6. The Morgan fingerprint density at radius 2 is 0.641 bits per heavy atom. The van der Waals surface area contributed by atoms with E-state index in [0.717, 1.165) is 0 Å². The Labute approximate surface area is 643 Å². The Morgan fingerprint density at radius 1 is 0.262 bits per heavy atom. The number of aryl methyl sites for hydroxylation is 4. The van der Waals surface area contributed by atoms with E-state index in [1.54, 1.807) is 68.3 Å². The molecule has 15 rings (SSSR count). The molecule has 14 aromatic carbocycles. The van der Waals surface area contributed by atoms with Gasteiger partial charge in [0, 0.05) is 0 Å². The van der Waals surface area contributed by atoms with Crippen LogP contribution in [0.25, 0.3) is 89.0 Å². The topological polar surface area (TPSA) is 0 Å². The van der Waals surface area contributed by atoms with Crippen LogP contribution in [-0.2, 0) is 16.2 Å². The smallest absolute Gasteiger partial charge is 0.0622 e. The summed E-state index contributed by atoms with van der Waals surface area (Å²) in [5.74, 6) is 0. The first-order valence-corrected chi connectivity index (χ1v) is 35.1. The molecule has 0 aliphatic heterocycles. The lowest BCUT2D eigenvalue weighted by atomic mass is 9.82. The number of rotatable bonds is 8. The maximum atomic E-state index is 8.38. The van der Waals surface area contributed by atoms with Gasteiger partial charge in [0.25, 0.3) is 0 Å². The number of fused-ring (bicyclic) bond motifs is 1. The van der Waals surface area contributed by atoms with E-state index in [4.69, 9.17) is 24.7 Å². The van der Waals surface area contributed by atoms with Gasteiger partial charge in [0.1, 0.15) is 0 Å². The summed E-state index contributed by atoms with van der Waals surface area (Å²) in [6, 6.07) is 75.4. The van der Waals surface area contributed by atoms with Crippen LogP contribution in [0.3, 0.4) is 0 Å². The van der Waals surface area contributed by atoms with Crippen molar-refractivity contribution in [3.8, 4) is 89.0 Å². The van der Waals surface area contributed by atoms with Gasteiger partial charge in [-0.2, -0.15) is 0 Å². The fourth-order valence-corrected chi connectivity index (χ4v) is 13.5. The van der Waals surface area contributed by atoms with Crippen LogP contribution in [0.2, 0.25) is 0 Å². The van der Waals surface area contributed by atoms with Crippen LogP contribution in [0.4, 0.5) is 0 Å². The molecule has 0 N–H and O–H groups in total. The molecule has 0 unspecified atom stereocenters. The molecule has 14 aromatic rings. The molecule has 0 amide bonds. The van der Waals surface area contributed by atoms with Crippen LogP contribution >= 0.6 is 0 Å². The molecule has 0 bridgehead atoms. The van der Waals surface area contributed by atoms with Crippen molar-refractivity contribution in [2.75, 3.05) is 0 Å². The van der Waals surface area contributed by atoms with Crippen LogP contribution in [0.15, 0.2) is 345 Å². The summed E-state index contributed by atoms with van der Waals surface area (Å²) in [5, 5.41) is 0. The molecule has 1 aliphatic rings. The Balaban J connectivity index is 0.000000157. The van der Waals surface area contributed by atoms with Gasteiger partial charge in [-0.1, -0.05) is 398 Å². The van der Waals surface area contributed by atoms with Crippen LogP contribution < -0.4 is 0 Å². The summed E-state index contributed by atoms with van der Waals surface area (Å²) in [5.41, 5.74) is 25.0. The van der Waals surface area contributed by atoms with E-state index in [0.29, 0.717) is 44.2 Å². The molecular weight excluding hydrogens is 1240 g/mol. The largest absolute Gasteiger partial charge is 0.0632 e. The summed E-state index contributed by atoms with van der Waals surface area (Å²) in [6.07, 6.45) is 1.26. The third-order valence-electron chi connectivity index (χ3n) is 18.3. The lowest BCUT2D eigenvalue weighted by Gasteiger charge is -2.22. The third kappa shape index (κ3) is 20.2. The van der Waals surface area contributed by atoms with Gasteiger partial charge < -0.3 is 0 Å². The summed E-state index contributed by atoms with van der Waals surface area (Å²) in [4.78, 5) is 0. The van der Waals surface area contributed by atoms with Gasteiger partial charge >= 0.3 is 0 Å². The van der Waals surface area contributed by atoms with Crippen molar-refractivity contribution in [2.45, 2.75) is 127 Å². The van der Waals surface area contributed by atoms with E-state index >= 15 is 0 Å². The molecule has 0 aromatic heterocycles. The van der Waals surface area contributed by atoms with Gasteiger partial charge in [0.2, 0.25) is 0 Å². The first kappa shape index (κ1) is 53.9. The second-order valence-corrected chi connectivity index (χ2v) is 28.7. The van der Waals surface area contributed by atoms with Gasteiger partial charge in [0.05, 0.1) is 24.7 Å². The maximum absolute atomic E-state index is 8.38. The highest BCUT2D eigenvalue weighted by molar-refractivity contribution is 5.81. The van der Waals surface area contributed by atoms with Gasteiger partial charge in [0.15, 0.2) is 0 Å². The average molecular weight is 1360 g/mol. The van der Waals surface area contributed by atoms with Crippen LogP contribution in [-0.4, -0.2) is 0 Å². The van der Waals surface area contributed by atoms with Crippen molar-refractivity contribution in [1.29, 1.82) is 0 Å². The lowest BCUT2D eigenvalue weighted by molar-refractivity contribution is 0.403. The second-order valence-electron chi connectivity index (χ2n) is 28.7. The monoisotopic (exact) mass is 1360 g/mol. The fraction of sp³-hybridized carbons (Fsp3) is 0.184. The van der Waals surface area contributed by atoms with Gasteiger partial charge in [-0.3, -0.25) is 0 Å². The first-order chi connectivity index (χ1) is 57.0. The Morgan fingerprint density at radius 3 is 1.09 bits per heavy atom. The fourth-order valence-electron chi connectivity index (χ4n) is 13.5. The summed E-state index contributed by atoms with van der Waals surface area (Å²) in [7, 11) is 0. The maximum Gasteiger partial charge on any atom is 0.0632 e. The SMILES string of the molecule is Cc1c(-c2ccccc2)cccc1-c1ccccc1.Cc1cc(-c2ccccc2)cc(-c2ccccc2)c1.Cc1ccc2c(c1)C(C)(C)CC2(C)C.Cc1ccccc1C(C)(C)C.[2H]c1c([2H])c([2H])c(-c2cc(C)cc(-c3c([2H])c([2H])c(C)c([2H])c3[2H])c2)c([2H])c1[2H].[2H]c1c([2H])c([2H])c(-c2cccc(-c3c([2H])c([2H])c([2H])c(C)c3[2H])c2C)c([2H])c1[2H]. The van der Waals surface area contributed by atoms with Crippen molar-refractivity contribution in [3.63, 3.8) is 0 Å². The Hall–Kier alpha value is -10.9. The molecule has 0 heterocycles. The molecule has 0 heteroatoms. The van der Waals surface area contributed by atoms with Crippen molar-refractivity contribution in [1.82, 2.24) is 0 Å². The quantitative estimate of drug-likeness (QED) is 0.142. The highest BCUT2D eigenvalue weighted by Gasteiger charge is 2.41. The van der Waals surface area contributed by atoms with Crippen molar-refractivity contribution in [3.05, 3.63) is 407 Å². The zero-order valence-corrected chi connectivity index (χ0v) is 62.2. The van der Waals surface area contributed by atoms with Crippen molar-refractivity contribution >= 4 is 0 Å². The summed E-state index contributed by atoms with van der Waals surface area (Å²) in [6.45, 7) is 31.4. The van der Waals surface area contributed by atoms with E-state index in [-0.39, 0.29) is 111 Å². The first-order valence-electron chi connectivity index (χ1n) is 44.1. The zero-order valence-electron chi connectivity index (χ0n) is 80.2. The minimum atomic E-state index is -0.477. The molecule has 0 radical (unpaired) electrons. The second kappa shape index (κ2) is 34.6. The van der Waals surface area contributed by atoms with Crippen LogP contribution in [0.5, 0.6) is 0 Å². The molecule has 0 atom stereocenters. The predicted molar refractivity (Wildman–Crippen MR) is 449 cm³/mol. The Bertz CT molecular complexity index is 5740. The molecule has 103 heavy (non-hydrogen) atoms. The molecule has 0 saturated carbocycles. The molecule has 0 saturated heterocycles. The predicted octanol–water partition coefficient (Wildman–Crippen LogP) is 29.2. The van der Waals surface area contributed by atoms with Crippen LogP contribution in [0, 0.1) is 55.4 Å². The van der Waals surface area contributed by atoms with Gasteiger partial charge in [-0.25, -0.2) is 0 Å². The van der Waals surface area contributed by atoms with E-state index in [1.807, 2.05) is 0 Å². The van der Waals surface area contributed by atoms with Crippen molar-refractivity contribution < 1.29 is 24.7 Å². The van der Waals surface area contributed by atoms with Gasteiger partial charge in [-0.05, 0) is 224 Å². The highest BCUT2D eigenvalue weighted by Crippen LogP contribution is 2.49. The van der Waals surface area contributed by atoms with E-state index in [9.17, 15) is 0 Å². The third-order valence-corrected chi connectivity index (χ3v) is 18.3. The Kier molecular flexibility index (Phi) is 18.1. The minimum absolute atomic E-state index is 0.0303. The molecule has 1 aliphatic carbocycles. The average Bonchev–Trinajstić information content (AvgIpc) is 1.56. The van der Waals surface area contributed by atoms with Crippen molar-refractivity contribution in [2.24, 2.45) is 0 Å². The van der Waals surface area contributed by atoms with Crippen LogP contribution in [0.1, 0.15) is 141 Å². The minimum Gasteiger partial charge on any atom is -0.0622 e. The number of hydrogen-bond acceptors (Lipinski definition) is 0. The lowest BCUT2D eigenvalue weighted by Crippen LogP contribution is -2.17. The zero-order chi connectivity index (χ0) is 88.8. The molecule has 0 spiro atoms. The molecule has 0 fully saturated rings. The highest BCUT2D eigenvalue weighted by atomic mass is 14.5. The summed E-state index contributed by atoms with van der Waals surface area (Å²) < 4.78 is 145. The van der Waals surface area contributed by atoms with E-state index < -0.39 is 36.3 Å².